The summed E-state index contributed by atoms with van der Waals surface area (Å²) in [5.74, 6) is 2.38. The Labute approximate surface area is 168 Å². The maximum Gasteiger partial charge on any atom is 0.254 e. The first kappa shape index (κ1) is 19.2. The van der Waals surface area contributed by atoms with Crippen LogP contribution in [0.2, 0.25) is 0 Å². The molecule has 0 radical (unpaired) electrons. The van der Waals surface area contributed by atoms with Crippen LogP contribution in [-0.4, -0.2) is 51.4 Å². The Balaban J connectivity index is 1.60. The van der Waals surface area contributed by atoms with E-state index in [-0.39, 0.29) is 11.9 Å². The van der Waals surface area contributed by atoms with E-state index in [1.807, 2.05) is 36.5 Å². The molecular weight excluding hydrogens is 348 g/mol. The van der Waals surface area contributed by atoms with Gasteiger partial charge in [-0.15, -0.1) is 0 Å². The lowest BCUT2D eigenvalue weighted by molar-refractivity contribution is 0.0497. The monoisotopic (exact) mass is 380 g/mol. The largest absolute Gasteiger partial charge is 0.333 e. The molecule has 0 bridgehead atoms. The molecule has 150 valence electrons. The number of aromatic nitrogens is 2. The minimum absolute atomic E-state index is 0.0754. The van der Waals surface area contributed by atoms with Gasteiger partial charge in [0.25, 0.3) is 5.91 Å². The van der Waals surface area contributed by atoms with Gasteiger partial charge in [-0.05, 0) is 56.3 Å². The van der Waals surface area contributed by atoms with Gasteiger partial charge in [-0.25, -0.2) is 4.98 Å². The van der Waals surface area contributed by atoms with Gasteiger partial charge in [0.05, 0.1) is 6.04 Å². The molecule has 1 atom stereocenters. The second-order valence-electron chi connectivity index (χ2n) is 8.67. The third-order valence-corrected chi connectivity index (χ3v) is 6.13. The number of likely N-dealkylation sites (tertiary alicyclic amines) is 1. The fraction of sp³-hybridized carbons (Fsp3) is 0.565. The molecule has 2 aromatic rings. The van der Waals surface area contributed by atoms with Crippen LogP contribution in [0.4, 0.5) is 0 Å². The van der Waals surface area contributed by atoms with Gasteiger partial charge in [0.2, 0.25) is 0 Å². The van der Waals surface area contributed by atoms with Crippen molar-refractivity contribution in [1.29, 1.82) is 0 Å². The van der Waals surface area contributed by atoms with Crippen LogP contribution in [0.25, 0.3) is 0 Å². The second kappa shape index (κ2) is 8.48. The van der Waals surface area contributed by atoms with E-state index in [2.05, 4.69) is 34.4 Å². The summed E-state index contributed by atoms with van der Waals surface area (Å²) in [6.07, 6.45) is 7.20. The zero-order valence-electron chi connectivity index (χ0n) is 17.1. The Morgan fingerprint density at radius 2 is 1.86 bits per heavy atom. The highest BCUT2D eigenvalue weighted by Gasteiger charge is 2.38. The highest BCUT2D eigenvalue weighted by molar-refractivity contribution is 5.94. The lowest BCUT2D eigenvalue weighted by Crippen LogP contribution is -2.44. The molecule has 5 heteroatoms. The van der Waals surface area contributed by atoms with Crippen molar-refractivity contribution in [2.75, 3.05) is 26.2 Å². The lowest BCUT2D eigenvalue weighted by Gasteiger charge is -2.40. The van der Waals surface area contributed by atoms with Crippen LogP contribution in [-0.2, 0) is 6.54 Å². The summed E-state index contributed by atoms with van der Waals surface area (Å²) in [6.45, 7) is 9.72. The number of carbonyl (C=O) groups excluding carboxylic acids is 1. The van der Waals surface area contributed by atoms with E-state index in [0.29, 0.717) is 11.8 Å². The Bertz CT molecular complexity index is 777. The molecule has 1 aromatic heterocycles. The van der Waals surface area contributed by atoms with E-state index >= 15 is 0 Å². The lowest BCUT2D eigenvalue weighted by atomic mass is 9.87. The maximum absolute atomic E-state index is 13.4. The zero-order valence-corrected chi connectivity index (χ0v) is 17.1. The molecule has 1 fully saturated rings. The van der Waals surface area contributed by atoms with Gasteiger partial charge < -0.3 is 14.4 Å². The molecule has 1 unspecified atom stereocenters. The van der Waals surface area contributed by atoms with Crippen molar-refractivity contribution >= 4 is 5.91 Å². The molecule has 1 amide bonds. The summed E-state index contributed by atoms with van der Waals surface area (Å²) < 4.78 is 2.27. The Hall–Kier alpha value is -2.14. The molecule has 3 heterocycles. The van der Waals surface area contributed by atoms with Crippen molar-refractivity contribution in [1.82, 2.24) is 19.4 Å². The van der Waals surface area contributed by atoms with E-state index in [1.54, 1.807) is 0 Å². The van der Waals surface area contributed by atoms with Gasteiger partial charge in [-0.3, -0.25) is 4.79 Å². The number of aryl methyl sites for hydroxylation is 1. The standard InChI is InChI=1S/C23H32N4O/c1-18(2)17-25-14-9-19(10-15-25)21-22-24-11-16-26(22)12-6-13-27(21)23(28)20-7-4-3-5-8-20/h3-5,7-8,11,16,18-19,21H,6,9-10,12-15,17H2,1-2H3. The van der Waals surface area contributed by atoms with E-state index in [0.717, 1.165) is 56.8 Å². The van der Waals surface area contributed by atoms with Crippen LogP contribution >= 0.6 is 0 Å². The Kier molecular flexibility index (Phi) is 5.81. The second-order valence-corrected chi connectivity index (χ2v) is 8.67. The average Bonchev–Trinajstić information content (AvgIpc) is 3.08. The smallest absolute Gasteiger partial charge is 0.254 e. The number of imidazole rings is 1. The van der Waals surface area contributed by atoms with Crippen molar-refractivity contribution in [3.05, 3.63) is 54.1 Å². The van der Waals surface area contributed by atoms with E-state index in [1.165, 1.54) is 6.54 Å². The van der Waals surface area contributed by atoms with Gasteiger partial charge >= 0.3 is 0 Å². The summed E-state index contributed by atoms with van der Waals surface area (Å²) in [6, 6.07) is 9.81. The average molecular weight is 381 g/mol. The molecule has 2 aliphatic rings. The minimum Gasteiger partial charge on any atom is -0.333 e. The molecule has 5 nitrogen and oxygen atoms in total. The third-order valence-electron chi connectivity index (χ3n) is 6.13. The number of hydrogen-bond donors (Lipinski definition) is 0. The Morgan fingerprint density at radius 3 is 2.57 bits per heavy atom. The number of benzene rings is 1. The van der Waals surface area contributed by atoms with Crippen LogP contribution in [0, 0.1) is 11.8 Å². The van der Waals surface area contributed by atoms with Gasteiger partial charge in [-0.2, -0.15) is 0 Å². The molecule has 28 heavy (non-hydrogen) atoms. The quantitative estimate of drug-likeness (QED) is 0.809. The SMILES string of the molecule is CC(C)CN1CCC(C2c3nccn3CCCN2C(=O)c2ccccc2)CC1. The highest BCUT2D eigenvalue weighted by atomic mass is 16.2. The van der Waals surface area contributed by atoms with Crippen molar-refractivity contribution in [2.45, 2.75) is 45.7 Å². The molecular formula is C23H32N4O. The first-order chi connectivity index (χ1) is 13.6. The molecule has 1 aromatic carbocycles. The Morgan fingerprint density at radius 1 is 1.11 bits per heavy atom. The van der Waals surface area contributed by atoms with E-state index in [9.17, 15) is 4.79 Å². The molecule has 2 aliphatic heterocycles. The highest BCUT2D eigenvalue weighted by Crippen LogP contribution is 2.37. The van der Waals surface area contributed by atoms with Crippen LogP contribution in [0.5, 0.6) is 0 Å². The van der Waals surface area contributed by atoms with Crippen molar-refractivity contribution in [3.8, 4) is 0 Å². The van der Waals surface area contributed by atoms with Crippen molar-refractivity contribution in [2.24, 2.45) is 11.8 Å². The number of carbonyl (C=O) groups is 1. The van der Waals surface area contributed by atoms with Gasteiger partial charge in [0.15, 0.2) is 0 Å². The predicted molar refractivity (Wildman–Crippen MR) is 111 cm³/mol. The number of amides is 1. The van der Waals surface area contributed by atoms with Crippen molar-refractivity contribution < 1.29 is 4.79 Å². The number of piperidine rings is 1. The number of nitrogens with zero attached hydrogens (tertiary/aromatic N) is 4. The predicted octanol–water partition coefficient (Wildman–Crippen LogP) is 3.84. The van der Waals surface area contributed by atoms with Gasteiger partial charge in [0, 0.05) is 37.6 Å². The summed E-state index contributed by atoms with van der Waals surface area (Å²) in [7, 11) is 0. The molecule has 0 N–H and O–H groups in total. The summed E-state index contributed by atoms with van der Waals surface area (Å²) in [5, 5.41) is 0. The maximum atomic E-state index is 13.4. The number of fused-ring (bicyclic) bond motifs is 1. The fourth-order valence-electron chi connectivity index (χ4n) is 4.87. The van der Waals surface area contributed by atoms with Crippen LogP contribution in [0.3, 0.4) is 0 Å². The summed E-state index contributed by atoms with van der Waals surface area (Å²) in [4.78, 5) is 22.8. The molecule has 4 rings (SSSR count). The van der Waals surface area contributed by atoms with Gasteiger partial charge in [0.1, 0.15) is 5.82 Å². The summed E-state index contributed by atoms with van der Waals surface area (Å²) >= 11 is 0. The van der Waals surface area contributed by atoms with Gasteiger partial charge in [-0.1, -0.05) is 32.0 Å². The summed E-state index contributed by atoms with van der Waals surface area (Å²) in [5.41, 5.74) is 0.782. The normalized spacial score (nSPS) is 21.5. The van der Waals surface area contributed by atoms with Crippen molar-refractivity contribution in [3.63, 3.8) is 0 Å². The minimum atomic E-state index is 0.0754. The molecule has 1 saturated heterocycles. The first-order valence-electron chi connectivity index (χ1n) is 10.7. The zero-order chi connectivity index (χ0) is 19.5. The molecule has 0 spiro atoms. The van der Waals surface area contributed by atoms with E-state index in [4.69, 9.17) is 4.98 Å². The first-order valence-corrected chi connectivity index (χ1v) is 10.7. The molecule has 0 saturated carbocycles. The number of hydrogen-bond acceptors (Lipinski definition) is 3. The fourth-order valence-corrected chi connectivity index (χ4v) is 4.87. The topological polar surface area (TPSA) is 41.4 Å². The van der Waals surface area contributed by atoms with Crippen LogP contribution in [0.15, 0.2) is 42.7 Å². The molecule has 0 aliphatic carbocycles. The third kappa shape index (κ3) is 4.00. The van der Waals surface area contributed by atoms with Crippen LogP contribution in [0.1, 0.15) is 55.3 Å². The number of rotatable bonds is 4. The van der Waals surface area contributed by atoms with E-state index < -0.39 is 0 Å². The van der Waals surface area contributed by atoms with Crippen LogP contribution < -0.4 is 0 Å².